The van der Waals surface area contributed by atoms with Crippen LogP contribution >= 0.6 is 45.8 Å². The summed E-state index contributed by atoms with van der Waals surface area (Å²) < 4.78 is 5.73. The second kappa shape index (κ2) is 5.71. The van der Waals surface area contributed by atoms with Crippen LogP contribution in [-0.4, -0.2) is 27.6 Å². The van der Waals surface area contributed by atoms with Crippen molar-refractivity contribution in [3.8, 4) is 5.75 Å². The maximum Gasteiger partial charge on any atom is 0.315 e. The molecule has 0 saturated carbocycles. The Kier molecular flexibility index (Phi) is 4.45. The number of urea groups is 1. The van der Waals surface area contributed by atoms with Gasteiger partial charge in [-0.1, -0.05) is 45.8 Å². The molecule has 1 aliphatic heterocycles. The molecule has 1 saturated heterocycles. The lowest BCUT2D eigenvalue weighted by Crippen LogP contribution is -2.40. The van der Waals surface area contributed by atoms with Crippen molar-refractivity contribution in [2.75, 3.05) is 6.54 Å². The highest BCUT2D eigenvalue weighted by Crippen LogP contribution is 2.31. The normalized spacial score (nSPS) is 23.2. The summed E-state index contributed by atoms with van der Waals surface area (Å²) in [7, 11) is 0. The minimum absolute atomic E-state index is 0.0745. The number of likely N-dealkylation sites (tertiary alicyclic amines) is 1. The molecular weight excluding hydrogens is 390 g/mol. The van der Waals surface area contributed by atoms with E-state index in [-0.39, 0.29) is 10.2 Å². The number of hydrogen-bond acceptors (Lipinski definition) is 2. The molecule has 1 aromatic rings. The van der Waals surface area contributed by atoms with Crippen LogP contribution in [0.4, 0.5) is 4.79 Å². The summed E-state index contributed by atoms with van der Waals surface area (Å²) in [6, 6.07) is 4.68. The van der Waals surface area contributed by atoms with Crippen molar-refractivity contribution >= 4 is 51.8 Å². The van der Waals surface area contributed by atoms with Crippen LogP contribution in [0, 0.1) is 0 Å². The number of benzene rings is 1. The van der Waals surface area contributed by atoms with E-state index < -0.39 is 6.03 Å². The summed E-state index contributed by atoms with van der Waals surface area (Å²) in [4.78, 5) is 12.7. The number of primary amides is 1. The summed E-state index contributed by atoms with van der Waals surface area (Å²) in [5.41, 5.74) is 5.28. The van der Waals surface area contributed by atoms with Crippen LogP contribution in [0.5, 0.6) is 5.75 Å². The molecule has 7 heteroatoms. The molecule has 1 aliphatic rings. The number of hydrogen-bond donors (Lipinski definition) is 1. The minimum atomic E-state index is -0.422. The Morgan fingerprint density at radius 3 is 2.72 bits per heavy atom. The number of nitrogens with two attached hydrogens (primary N) is 1. The summed E-state index contributed by atoms with van der Waals surface area (Å²) in [5, 5.41) is 0.934. The number of nitrogens with zero attached hydrogens (tertiary/aromatic N) is 1. The first-order valence-corrected chi connectivity index (χ1v) is 7.31. The molecule has 0 spiro atoms. The van der Waals surface area contributed by atoms with E-state index >= 15 is 0 Å². The lowest BCUT2D eigenvalue weighted by molar-refractivity contribution is 0.186. The lowest BCUT2D eigenvalue weighted by atomic mass is 10.3. The molecule has 98 valence electrons. The van der Waals surface area contributed by atoms with Crippen molar-refractivity contribution in [1.29, 1.82) is 0 Å². The van der Waals surface area contributed by atoms with Gasteiger partial charge < -0.3 is 15.4 Å². The van der Waals surface area contributed by atoms with E-state index in [1.165, 1.54) is 0 Å². The third-order valence-corrected chi connectivity index (χ3v) is 4.93. The van der Waals surface area contributed by atoms with E-state index in [1.807, 2.05) is 0 Å². The highest BCUT2D eigenvalue weighted by Gasteiger charge is 2.35. The summed E-state index contributed by atoms with van der Waals surface area (Å²) in [6.45, 7) is 0.606. The Morgan fingerprint density at radius 1 is 1.44 bits per heavy atom. The quantitative estimate of drug-likeness (QED) is 0.470. The number of alkyl halides is 1. The van der Waals surface area contributed by atoms with E-state index in [0.717, 1.165) is 6.42 Å². The van der Waals surface area contributed by atoms with Gasteiger partial charge >= 0.3 is 6.03 Å². The number of rotatable bonds is 2. The molecule has 1 heterocycles. The summed E-state index contributed by atoms with van der Waals surface area (Å²) >= 11 is 13.9. The van der Waals surface area contributed by atoms with Crippen LogP contribution in [0.15, 0.2) is 18.2 Å². The first kappa shape index (κ1) is 14.0. The van der Waals surface area contributed by atoms with Gasteiger partial charge in [0.05, 0.1) is 10.0 Å². The number of amides is 2. The molecule has 2 amide bonds. The number of carbonyl (C=O) groups is 1. The monoisotopic (exact) mass is 400 g/mol. The van der Waals surface area contributed by atoms with Gasteiger partial charge in [0.25, 0.3) is 0 Å². The minimum Gasteiger partial charge on any atom is -0.487 e. The van der Waals surface area contributed by atoms with Crippen molar-refractivity contribution in [2.24, 2.45) is 5.73 Å². The molecule has 1 fully saturated rings. The van der Waals surface area contributed by atoms with Crippen molar-refractivity contribution in [2.45, 2.75) is 16.6 Å². The van der Waals surface area contributed by atoms with Crippen molar-refractivity contribution in [1.82, 2.24) is 4.90 Å². The van der Waals surface area contributed by atoms with E-state index in [4.69, 9.17) is 33.7 Å². The zero-order valence-corrected chi connectivity index (χ0v) is 12.9. The lowest BCUT2D eigenvalue weighted by Gasteiger charge is -2.22. The SMILES string of the molecule is NC(=O)N1CCC(Oc2ccc(Cl)c(Cl)c2)C1I. The average molecular weight is 401 g/mol. The van der Waals surface area contributed by atoms with E-state index in [0.29, 0.717) is 22.3 Å². The molecule has 2 atom stereocenters. The fourth-order valence-corrected chi connectivity index (χ4v) is 3.15. The standard InChI is InChI=1S/C11H11Cl2IN2O2/c12-7-2-1-6(5-8(7)13)18-9-3-4-16(10(9)14)11(15)17/h1-2,5,9-10H,3-4H2,(H2,15,17). The van der Waals surface area contributed by atoms with Gasteiger partial charge in [0.1, 0.15) is 15.9 Å². The van der Waals surface area contributed by atoms with E-state index in [2.05, 4.69) is 22.6 Å². The number of carbonyl (C=O) groups excluding carboxylic acids is 1. The molecule has 2 rings (SSSR count). The first-order chi connectivity index (χ1) is 8.49. The zero-order valence-electron chi connectivity index (χ0n) is 9.28. The molecule has 0 bridgehead atoms. The smallest absolute Gasteiger partial charge is 0.315 e. The second-order valence-electron chi connectivity index (χ2n) is 3.93. The Bertz CT molecular complexity index is 472. The van der Waals surface area contributed by atoms with Crippen LogP contribution in [-0.2, 0) is 0 Å². The largest absolute Gasteiger partial charge is 0.487 e. The highest BCUT2D eigenvalue weighted by atomic mass is 127. The van der Waals surface area contributed by atoms with Gasteiger partial charge in [0.2, 0.25) is 0 Å². The summed E-state index contributed by atoms with van der Waals surface area (Å²) in [5.74, 6) is 0.641. The average Bonchev–Trinajstić information content (AvgIpc) is 2.66. The van der Waals surface area contributed by atoms with E-state index in [9.17, 15) is 4.79 Å². The Hall–Kier alpha value is -0.400. The topological polar surface area (TPSA) is 55.6 Å². The maximum atomic E-state index is 11.2. The molecule has 0 aromatic heterocycles. The molecule has 2 N–H and O–H groups in total. The molecule has 18 heavy (non-hydrogen) atoms. The van der Waals surface area contributed by atoms with Gasteiger partial charge in [-0.2, -0.15) is 0 Å². The third-order valence-electron chi connectivity index (χ3n) is 2.72. The zero-order chi connectivity index (χ0) is 13.3. The predicted molar refractivity (Wildman–Crippen MR) is 79.6 cm³/mol. The number of ether oxygens (including phenoxy) is 1. The maximum absolute atomic E-state index is 11.2. The van der Waals surface area contributed by atoms with Crippen molar-refractivity contribution in [3.63, 3.8) is 0 Å². The first-order valence-electron chi connectivity index (χ1n) is 5.31. The third kappa shape index (κ3) is 2.95. The molecule has 0 radical (unpaired) electrons. The van der Waals surface area contributed by atoms with Crippen LogP contribution in [0.3, 0.4) is 0 Å². The van der Waals surface area contributed by atoms with Crippen LogP contribution < -0.4 is 10.5 Å². The molecule has 1 aromatic carbocycles. The van der Waals surface area contributed by atoms with Crippen molar-refractivity contribution in [3.05, 3.63) is 28.2 Å². The second-order valence-corrected chi connectivity index (χ2v) is 6.02. The summed E-state index contributed by atoms with van der Waals surface area (Å²) in [6.07, 6.45) is 0.659. The van der Waals surface area contributed by atoms with Crippen LogP contribution in [0.2, 0.25) is 10.0 Å². The van der Waals surface area contributed by atoms with Gasteiger partial charge in [0.15, 0.2) is 0 Å². The van der Waals surface area contributed by atoms with Gasteiger partial charge in [-0.3, -0.25) is 0 Å². The Balaban J connectivity index is 2.06. The Labute approximate surface area is 128 Å². The predicted octanol–water partition coefficient (Wildman–Crippen LogP) is 3.29. The molecular formula is C11H11Cl2IN2O2. The highest BCUT2D eigenvalue weighted by molar-refractivity contribution is 14.1. The van der Waals surface area contributed by atoms with Gasteiger partial charge in [-0.25, -0.2) is 4.79 Å². The van der Waals surface area contributed by atoms with Crippen LogP contribution in [0.25, 0.3) is 0 Å². The van der Waals surface area contributed by atoms with E-state index in [1.54, 1.807) is 23.1 Å². The van der Waals surface area contributed by atoms with Gasteiger partial charge in [-0.15, -0.1) is 0 Å². The fourth-order valence-electron chi connectivity index (χ4n) is 1.80. The Morgan fingerprint density at radius 2 is 2.17 bits per heavy atom. The molecule has 0 aliphatic carbocycles. The molecule has 4 nitrogen and oxygen atoms in total. The number of halogens is 3. The van der Waals surface area contributed by atoms with Gasteiger partial charge in [0, 0.05) is 19.0 Å². The van der Waals surface area contributed by atoms with Crippen molar-refractivity contribution < 1.29 is 9.53 Å². The van der Waals surface area contributed by atoms with Gasteiger partial charge in [-0.05, 0) is 12.1 Å². The van der Waals surface area contributed by atoms with Crippen LogP contribution in [0.1, 0.15) is 6.42 Å². The molecule has 2 unspecified atom stereocenters. The fraction of sp³-hybridized carbons (Fsp3) is 0.364.